The Hall–Kier alpha value is -3.82. The number of anilines is 1. The van der Waals surface area contributed by atoms with E-state index in [1.54, 1.807) is 38.3 Å². The molecule has 0 saturated heterocycles. The zero-order valence-corrected chi connectivity index (χ0v) is 19.9. The highest BCUT2D eigenvalue weighted by Crippen LogP contribution is 2.22. The zero-order valence-electron chi connectivity index (χ0n) is 19.9. The molecule has 1 fully saturated rings. The number of aromatic nitrogens is 4. The van der Waals surface area contributed by atoms with Crippen molar-refractivity contribution in [2.45, 2.75) is 57.7 Å². The summed E-state index contributed by atoms with van der Waals surface area (Å²) in [4.78, 5) is 29.0. The van der Waals surface area contributed by atoms with Crippen molar-refractivity contribution < 1.29 is 18.7 Å². The lowest BCUT2D eigenvalue weighted by Crippen LogP contribution is -2.51. The van der Waals surface area contributed by atoms with Gasteiger partial charge in [0.05, 0.1) is 7.11 Å². The molecule has 0 spiro atoms. The van der Waals surface area contributed by atoms with Crippen LogP contribution in [0.1, 0.15) is 39.0 Å². The molecule has 1 atom stereocenters. The maximum Gasteiger partial charge on any atom is 0.251 e. The Morgan fingerprint density at radius 1 is 1.11 bits per heavy atom. The van der Waals surface area contributed by atoms with Gasteiger partial charge in [-0.15, -0.1) is 10.2 Å². The first kappa shape index (κ1) is 24.3. The number of benzene rings is 2. The SMILES string of the molecule is COc1ccc(-c2nnn(CC(=O)N(c3ccc(F)cc3)[C@H](C)C(=O)NC3CCCCC3)n2)cc1. The van der Waals surface area contributed by atoms with E-state index in [1.165, 1.54) is 40.4 Å². The summed E-state index contributed by atoms with van der Waals surface area (Å²) in [6.45, 7) is 1.43. The molecule has 1 aliphatic rings. The van der Waals surface area contributed by atoms with Crippen LogP contribution in [-0.2, 0) is 16.1 Å². The van der Waals surface area contributed by atoms with Gasteiger partial charge in [0.25, 0.3) is 5.91 Å². The lowest BCUT2D eigenvalue weighted by molar-refractivity contribution is -0.127. The Bertz CT molecular complexity index is 1140. The number of rotatable bonds is 8. The summed E-state index contributed by atoms with van der Waals surface area (Å²) in [6, 6.07) is 11.9. The molecule has 2 amide bonds. The van der Waals surface area contributed by atoms with E-state index in [-0.39, 0.29) is 18.5 Å². The molecule has 1 aromatic heterocycles. The second-order valence-corrected chi connectivity index (χ2v) is 8.63. The highest BCUT2D eigenvalue weighted by atomic mass is 19.1. The van der Waals surface area contributed by atoms with Crippen LogP contribution < -0.4 is 15.0 Å². The summed E-state index contributed by atoms with van der Waals surface area (Å²) in [5, 5.41) is 15.4. The Labute approximate surface area is 203 Å². The van der Waals surface area contributed by atoms with Crippen molar-refractivity contribution in [1.82, 2.24) is 25.5 Å². The lowest BCUT2D eigenvalue weighted by Gasteiger charge is -2.31. The van der Waals surface area contributed by atoms with Gasteiger partial charge in [-0.1, -0.05) is 19.3 Å². The third-order valence-corrected chi connectivity index (χ3v) is 6.17. The first-order valence-electron chi connectivity index (χ1n) is 11.7. The molecule has 1 N–H and O–H groups in total. The van der Waals surface area contributed by atoms with Crippen molar-refractivity contribution in [3.63, 3.8) is 0 Å². The fourth-order valence-corrected chi connectivity index (χ4v) is 4.23. The van der Waals surface area contributed by atoms with Gasteiger partial charge < -0.3 is 10.1 Å². The number of methoxy groups -OCH3 is 1. The molecule has 10 heteroatoms. The number of carbonyl (C=O) groups is 2. The summed E-state index contributed by atoms with van der Waals surface area (Å²) in [7, 11) is 1.58. The topological polar surface area (TPSA) is 102 Å². The predicted octanol–water partition coefficient (Wildman–Crippen LogP) is 3.36. The number of nitrogens with one attached hydrogen (secondary N) is 1. The van der Waals surface area contributed by atoms with E-state index in [0.29, 0.717) is 17.3 Å². The third-order valence-electron chi connectivity index (χ3n) is 6.17. The molecule has 9 nitrogen and oxygen atoms in total. The minimum Gasteiger partial charge on any atom is -0.497 e. The van der Waals surface area contributed by atoms with E-state index >= 15 is 0 Å². The first-order valence-corrected chi connectivity index (χ1v) is 11.7. The van der Waals surface area contributed by atoms with Crippen LogP contribution in [0.15, 0.2) is 48.5 Å². The largest absolute Gasteiger partial charge is 0.497 e. The molecular weight excluding hydrogens is 451 g/mol. The van der Waals surface area contributed by atoms with Crippen LogP contribution in [0.4, 0.5) is 10.1 Å². The first-order chi connectivity index (χ1) is 16.9. The van der Waals surface area contributed by atoms with Crippen LogP contribution in [-0.4, -0.2) is 51.2 Å². The zero-order chi connectivity index (χ0) is 24.8. The van der Waals surface area contributed by atoms with Crippen LogP contribution in [0.5, 0.6) is 5.75 Å². The Morgan fingerprint density at radius 2 is 1.80 bits per heavy atom. The molecule has 0 radical (unpaired) electrons. The van der Waals surface area contributed by atoms with Gasteiger partial charge in [-0.05, 0) is 73.5 Å². The summed E-state index contributed by atoms with van der Waals surface area (Å²) >= 11 is 0. The van der Waals surface area contributed by atoms with Crippen LogP contribution >= 0.6 is 0 Å². The number of nitrogens with zero attached hydrogens (tertiary/aromatic N) is 5. The number of amides is 2. The molecule has 0 aliphatic heterocycles. The highest BCUT2D eigenvalue weighted by Gasteiger charge is 2.30. The normalized spacial score (nSPS) is 14.8. The Morgan fingerprint density at radius 3 is 2.46 bits per heavy atom. The van der Waals surface area contributed by atoms with Crippen molar-refractivity contribution in [2.24, 2.45) is 0 Å². The monoisotopic (exact) mass is 480 g/mol. The molecule has 2 aromatic carbocycles. The minimum atomic E-state index is -0.806. The summed E-state index contributed by atoms with van der Waals surface area (Å²) in [6.07, 6.45) is 5.19. The minimum absolute atomic E-state index is 0.105. The van der Waals surface area contributed by atoms with Crippen molar-refractivity contribution in [2.75, 3.05) is 12.0 Å². The van der Waals surface area contributed by atoms with Gasteiger partial charge in [0.15, 0.2) is 0 Å². The van der Waals surface area contributed by atoms with Gasteiger partial charge in [0.1, 0.15) is 24.2 Å². The van der Waals surface area contributed by atoms with Crippen LogP contribution in [0.25, 0.3) is 11.4 Å². The van der Waals surface area contributed by atoms with E-state index in [2.05, 4.69) is 20.7 Å². The quantitative estimate of drug-likeness (QED) is 0.531. The molecule has 1 heterocycles. The van der Waals surface area contributed by atoms with Gasteiger partial charge in [-0.2, -0.15) is 4.80 Å². The van der Waals surface area contributed by atoms with Gasteiger partial charge in [-0.3, -0.25) is 14.5 Å². The molecule has 0 unspecified atom stereocenters. The average Bonchev–Trinajstić information content (AvgIpc) is 3.34. The number of hydrogen-bond acceptors (Lipinski definition) is 6. The van der Waals surface area contributed by atoms with E-state index in [0.717, 1.165) is 31.2 Å². The van der Waals surface area contributed by atoms with Gasteiger partial charge in [-0.25, -0.2) is 4.39 Å². The second-order valence-electron chi connectivity index (χ2n) is 8.63. The van der Waals surface area contributed by atoms with Crippen LogP contribution in [0, 0.1) is 5.82 Å². The maximum atomic E-state index is 13.6. The van der Waals surface area contributed by atoms with Gasteiger partial charge >= 0.3 is 0 Å². The Balaban J connectivity index is 1.51. The van der Waals surface area contributed by atoms with Gasteiger partial charge in [0.2, 0.25) is 11.7 Å². The summed E-state index contributed by atoms with van der Waals surface area (Å²) < 4.78 is 18.7. The van der Waals surface area contributed by atoms with E-state index in [1.807, 2.05) is 0 Å². The molecule has 4 rings (SSSR count). The predicted molar refractivity (Wildman–Crippen MR) is 128 cm³/mol. The molecule has 1 saturated carbocycles. The number of ether oxygens (including phenoxy) is 1. The van der Waals surface area contributed by atoms with E-state index < -0.39 is 17.8 Å². The molecule has 1 aliphatic carbocycles. The van der Waals surface area contributed by atoms with E-state index in [4.69, 9.17) is 4.74 Å². The molecule has 184 valence electrons. The average molecular weight is 481 g/mol. The number of halogens is 1. The number of hydrogen-bond donors (Lipinski definition) is 1. The Kier molecular flexibility index (Phi) is 7.69. The number of carbonyl (C=O) groups excluding carboxylic acids is 2. The van der Waals surface area contributed by atoms with Crippen molar-refractivity contribution in [1.29, 1.82) is 0 Å². The third kappa shape index (κ3) is 6.00. The fraction of sp³-hybridized carbons (Fsp3) is 0.400. The molecule has 3 aromatic rings. The standard InChI is InChI=1S/C25H29FN6O3/c1-17(25(34)27-20-6-4-3-5-7-20)32(21-12-10-19(26)11-13-21)23(33)16-31-29-24(28-30-31)18-8-14-22(35-2)15-9-18/h8-15,17,20H,3-7,16H2,1-2H3,(H,27,34)/t17-/m1/s1. The summed E-state index contributed by atoms with van der Waals surface area (Å²) in [5.74, 6) is -0.0345. The maximum absolute atomic E-state index is 13.6. The lowest BCUT2D eigenvalue weighted by atomic mass is 9.95. The summed E-state index contributed by atoms with van der Waals surface area (Å²) in [5.41, 5.74) is 1.14. The molecule has 35 heavy (non-hydrogen) atoms. The number of tetrazole rings is 1. The highest BCUT2D eigenvalue weighted by molar-refractivity contribution is 6.00. The van der Waals surface area contributed by atoms with E-state index in [9.17, 15) is 14.0 Å². The van der Waals surface area contributed by atoms with Crippen molar-refractivity contribution in [3.05, 3.63) is 54.3 Å². The van der Waals surface area contributed by atoms with Gasteiger partial charge in [0, 0.05) is 17.3 Å². The smallest absolute Gasteiger partial charge is 0.251 e. The molecular formula is C25H29FN6O3. The van der Waals surface area contributed by atoms with Crippen molar-refractivity contribution in [3.8, 4) is 17.1 Å². The van der Waals surface area contributed by atoms with Crippen LogP contribution in [0.3, 0.4) is 0 Å². The van der Waals surface area contributed by atoms with Crippen LogP contribution in [0.2, 0.25) is 0 Å². The van der Waals surface area contributed by atoms with Crippen molar-refractivity contribution >= 4 is 17.5 Å². The molecule has 0 bridgehead atoms. The second kappa shape index (κ2) is 11.1. The fourth-order valence-electron chi connectivity index (χ4n) is 4.23.